The molecule has 0 atom stereocenters. The van der Waals surface area contributed by atoms with Crippen LogP contribution in [0.2, 0.25) is 0 Å². The first-order valence-corrected chi connectivity index (χ1v) is 9.04. The Bertz CT molecular complexity index is 158. The van der Waals surface area contributed by atoms with E-state index in [0.717, 1.165) is 0 Å². The predicted octanol–water partition coefficient (Wildman–Crippen LogP) is 5.30. The largest absolute Gasteiger partial charge is 0.283 e. The maximum absolute atomic E-state index is 2.64. The maximum Gasteiger partial charge on any atom is 0.103 e. The van der Waals surface area contributed by atoms with Gasteiger partial charge in [0.2, 0.25) is 0 Å². The second-order valence-electron chi connectivity index (χ2n) is 5.94. The SMILES string of the molecule is CCCCN(CCCC)[C](C)N(CCCC)CCCC. The van der Waals surface area contributed by atoms with Crippen molar-refractivity contribution in [2.45, 2.75) is 86.0 Å². The molecule has 0 aliphatic rings. The van der Waals surface area contributed by atoms with E-state index in [1.807, 2.05) is 0 Å². The third-order valence-electron chi connectivity index (χ3n) is 4.04. The Morgan fingerprint density at radius 3 is 1.00 bits per heavy atom. The van der Waals surface area contributed by atoms with Crippen LogP contribution in [0.5, 0.6) is 0 Å². The van der Waals surface area contributed by atoms with Gasteiger partial charge in [0.15, 0.2) is 0 Å². The highest BCUT2D eigenvalue weighted by Gasteiger charge is 2.20. The summed E-state index contributed by atoms with van der Waals surface area (Å²) in [5.74, 6) is 0. The molecule has 0 aliphatic carbocycles. The molecule has 121 valence electrons. The van der Waals surface area contributed by atoms with Crippen LogP contribution in [0.15, 0.2) is 0 Å². The minimum atomic E-state index is 1.23. The average molecular weight is 284 g/mol. The molecule has 0 N–H and O–H groups in total. The Balaban J connectivity index is 4.49. The Hall–Kier alpha value is -0.0800. The normalized spacial score (nSPS) is 12.0. The van der Waals surface area contributed by atoms with E-state index >= 15 is 0 Å². The van der Waals surface area contributed by atoms with E-state index in [1.165, 1.54) is 83.7 Å². The average Bonchev–Trinajstić information content (AvgIpc) is 2.47. The lowest BCUT2D eigenvalue weighted by Gasteiger charge is -2.37. The second-order valence-corrected chi connectivity index (χ2v) is 5.94. The minimum Gasteiger partial charge on any atom is -0.283 e. The Labute approximate surface area is 128 Å². The van der Waals surface area contributed by atoms with Crippen LogP contribution >= 0.6 is 0 Å². The molecule has 0 amide bonds. The third kappa shape index (κ3) is 8.97. The van der Waals surface area contributed by atoms with Gasteiger partial charge in [0.1, 0.15) is 6.17 Å². The number of hydrogen-bond acceptors (Lipinski definition) is 2. The summed E-state index contributed by atoms with van der Waals surface area (Å²) < 4.78 is 0. The molecule has 0 rings (SSSR count). The molecule has 0 bridgehead atoms. The maximum atomic E-state index is 2.64. The van der Waals surface area contributed by atoms with Crippen molar-refractivity contribution in [3.05, 3.63) is 6.17 Å². The first-order chi connectivity index (χ1) is 9.71. The lowest BCUT2D eigenvalue weighted by molar-refractivity contribution is 0.135. The monoisotopic (exact) mass is 283 g/mol. The zero-order valence-electron chi connectivity index (χ0n) is 14.9. The van der Waals surface area contributed by atoms with Gasteiger partial charge < -0.3 is 0 Å². The molecule has 2 nitrogen and oxygen atoms in total. The molecule has 0 heterocycles. The van der Waals surface area contributed by atoms with Crippen LogP contribution < -0.4 is 0 Å². The molecule has 0 fully saturated rings. The number of nitrogens with zero attached hydrogens (tertiary/aromatic N) is 2. The fourth-order valence-corrected chi connectivity index (χ4v) is 2.47. The molecule has 0 aromatic carbocycles. The smallest absolute Gasteiger partial charge is 0.103 e. The highest BCUT2D eigenvalue weighted by atomic mass is 15.3. The molecule has 0 aromatic heterocycles. The van der Waals surface area contributed by atoms with Crippen molar-refractivity contribution in [1.82, 2.24) is 9.80 Å². The van der Waals surface area contributed by atoms with Gasteiger partial charge in [-0.15, -0.1) is 0 Å². The summed E-state index contributed by atoms with van der Waals surface area (Å²) in [5.41, 5.74) is 0. The fourth-order valence-electron chi connectivity index (χ4n) is 2.47. The number of rotatable bonds is 14. The van der Waals surface area contributed by atoms with E-state index in [0.29, 0.717) is 0 Å². The van der Waals surface area contributed by atoms with Crippen LogP contribution in [0.1, 0.15) is 86.0 Å². The van der Waals surface area contributed by atoms with Crippen LogP contribution in [0.25, 0.3) is 0 Å². The molecular weight excluding hydrogens is 244 g/mol. The molecule has 0 aromatic rings. The van der Waals surface area contributed by atoms with Gasteiger partial charge in [0, 0.05) is 0 Å². The molecule has 0 saturated heterocycles. The third-order valence-corrected chi connectivity index (χ3v) is 4.04. The van der Waals surface area contributed by atoms with Crippen LogP contribution in [-0.2, 0) is 0 Å². The topological polar surface area (TPSA) is 6.48 Å². The first-order valence-electron chi connectivity index (χ1n) is 9.04. The van der Waals surface area contributed by atoms with Gasteiger partial charge in [-0.05, 0) is 58.8 Å². The van der Waals surface area contributed by atoms with Crippen LogP contribution in [-0.4, -0.2) is 36.0 Å². The molecule has 0 unspecified atom stereocenters. The van der Waals surface area contributed by atoms with Crippen LogP contribution in [0, 0.1) is 6.17 Å². The van der Waals surface area contributed by atoms with E-state index in [-0.39, 0.29) is 0 Å². The van der Waals surface area contributed by atoms with Crippen molar-refractivity contribution in [1.29, 1.82) is 0 Å². The Morgan fingerprint density at radius 2 is 0.800 bits per heavy atom. The molecule has 0 aliphatic heterocycles. The molecule has 0 saturated carbocycles. The van der Waals surface area contributed by atoms with Crippen molar-refractivity contribution >= 4 is 0 Å². The van der Waals surface area contributed by atoms with Crippen LogP contribution in [0.4, 0.5) is 0 Å². The number of hydrogen-bond donors (Lipinski definition) is 0. The van der Waals surface area contributed by atoms with Gasteiger partial charge in [0.25, 0.3) is 0 Å². The Morgan fingerprint density at radius 1 is 0.550 bits per heavy atom. The van der Waals surface area contributed by atoms with Gasteiger partial charge in [-0.1, -0.05) is 53.4 Å². The van der Waals surface area contributed by atoms with Crippen molar-refractivity contribution in [2.75, 3.05) is 26.2 Å². The van der Waals surface area contributed by atoms with Crippen molar-refractivity contribution in [3.63, 3.8) is 0 Å². The summed E-state index contributed by atoms with van der Waals surface area (Å²) >= 11 is 0. The standard InChI is InChI=1S/C18H39N2/c1-6-10-14-19(15-11-7-2)18(5)20(16-12-8-3)17-13-9-4/h6-17H2,1-5H3. The van der Waals surface area contributed by atoms with Crippen molar-refractivity contribution in [2.24, 2.45) is 0 Å². The van der Waals surface area contributed by atoms with E-state index in [2.05, 4.69) is 44.4 Å². The lowest BCUT2D eigenvalue weighted by atomic mass is 10.2. The van der Waals surface area contributed by atoms with E-state index < -0.39 is 0 Å². The highest BCUT2D eigenvalue weighted by molar-refractivity contribution is 4.85. The van der Waals surface area contributed by atoms with Crippen LogP contribution in [0.3, 0.4) is 0 Å². The summed E-state index contributed by atoms with van der Waals surface area (Å²) in [6.45, 7) is 16.4. The van der Waals surface area contributed by atoms with E-state index in [1.54, 1.807) is 0 Å². The first kappa shape index (κ1) is 19.9. The number of unbranched alkanes of at least 4 members (excludes halogenated alkanes) is 4. The van der Waals surface area contributed by atoms with Gasteiger partial charge >= 0.3 is 0 Å². The van der Waals surface area contributed by atoms with Gasteiger partial charge in [-0.25, -0.2) is 0 Å². The van der Waals surface area contributed by atoms with Crippen molar-refractivity contribution in [3.8, 4) is 0 Å². The predicted molar refractivity (Wildman–Crippen MR) is 91.7 cm³/mol. The Kier molecular flexibility index (Phi) is 13.8. The summed E-state index contributed by atoms with van der Waals surface area (Å²) in [4.78, 5) is 5.27. The molecular formula is C18H39N2. The highest BCUT2D eigenvalue weighted by Crippen LogP contribution is 2.18. The van der Waals surface area contributed by atoms with E-state index in [4.69, 9.17) is 0 Å². The molecule has 0 spiro atoms. The quantitative estimate of drug-likeness (QED) is 0.427. The van der Waals surface area contributed by atoms with E-state index in [9.17, 15) is 0 Å². The molecule has 2 heteroatoms. The summed E-state index contributed by atoms with van der Waals surface area (Å²) in [6, 6.07) is 0. The summed E-state index contributed by atoms with van der Waals surface area (Å²) in [6.07, 6.45) is 12.0. The minimum absolute atomic E-state index is 1.23. The second kappa shape index (κ2) is 13.9. The van der Waals surface area contributed by atoms with Gasteiger partial charge in [0.05, 0.1) is 0 Å². The van der Waals surface area contributed by atoms with Gasteiger partial charge in [-0.3, -0.25) is 9.80 Å². The molecule has 20 heavy (non-hydrogen) atoms. The van der Waals surface area contributed by atoms with Gasteiger partial charge in [-0.2, -0.15) is 0 Å². The fraction of sp³-hybridized carbons (Fsp3) is 0.944. The zero-order valence-corrected chi connectivity index (χ0v) is 14.9. The molecule has 1 radical (unpaired) electrons. The zero-order chi connectivity index (χ0) is 15.2. The summed E-state index contributed by atoms with van der Waals surface area (Å²) in [5, 5.41) is 0. The lowest BCUT2D eigenvalue weighted by Crippen LogP contribution is -2.42. The summed E-state index contributed by atoms with van der Waals surface area (Å²) in [7, 11) is 0. The van der Waals surface area contributed by atoms with Crippen molar-refractivity contribution < 1.29 is 0 Å².